The van der Waals surface area contributed by atoms with E-state index in [2.05, 4.69) is 0 Å². The average molecular weight is 224 g/mol. The number of aryl methyl sites for hydroxylation is 3. The monoisotopic (exact) mass is 224 g/mol. The molecule has 0 aromatic heterocycles. The molecule has 2 unspecified atom stereocenters. The molecule has 16 heavy (non-hydrogen) atoms. The molecule has 1 aromatic rings. The van der Waals surface area contributed by atoms with Crippen LogP contribution in [-0.2, 0) is 0 Å². The first-order valence-corrected chi connectivity index (χ1v) is 5.52. The van der Waals surface area contributed by atoms with Crippen molar-refractivity contribution in [2.24, 2.45) is 0 Å². The number of rotatable bonds is 4. The Labute approximate surface area is 96.4 Å². The van der Waals surface area contributed by atoms with Crippen LogP contribution in [0.4, 0.5) is 0 Å². The molecule has 0 radical (unpaired) electrons. The van der Waals surface area contributed by atoms with Crippen LogP contribution in [0.1, 0.15) is 34.8 Å². The molecule has 1 aromatic carbocycles. The first-order valence-electron chi connectivity index (χ1n) is 5.52. The van der Waals surface area contributed by atoms with Gasteiger partial charge in [-0.1, -0.05) is 12.1 Å². The largest absolute Gasteiger partial charge is 0.396 e. The van der Waals surface area contributed by atoms with Crippen molar-refractivity contribution in [3.63, 3.8) is 0 Å². The fraction of sp³-hybridized carbons (Fsp3) is 0.538. The van der Waals surface area contributed by atoms with Crippen LogP contribution in [0.2, 0.25) is 0 Å². The molecular weight excluding hydrogens is 204 g/mol. The van der Waals surface area contributed by atoms with Gasteiger partial charge in [-0.15, -0.1) is 0 Å². The lowest BCUT2D eigenvalue weighted by molar-refractivity contribution is 0.00385. The van der Waals surface area contributed by atoms with Crippen molar-refractivity contribution in [2.45, 2.75) is 39.4 Å². The van der Waals surface area contributed by atoms with Crippen molar-refractivity contribution in [1.29, 1.82) is 0 Å². The van der Waals surface area contributed by atoms with E-state index in [4.69, 9.17) is 5.11 Å². The van der Waals surface area contributed by atoms with Crippen LogP contribution in [-0.4, -0.2) is 28.0 Å². The first-order chi connectivity index (χ1) is 7.47. The molecule has 0 fully saturated rings. The molecule has 0 spiro atoms. The van der Waals surface area contributed by atoms with Gasteiger partial charge in [0.2, 0.25) is 0 Å². The molecule has 0 aliphatic heterocycles. The first kappa shape index (κ1) is 13.2. The molecule has 3 nitrogen and oxygen atoms in total. The molecule has 1 rings (SSSR count). The van der Waals surface area contributed by atoms with Crippen molar-refractivity contribution < 1.29 is 15.3 Å². The molecule has 0 saturated carbocycles. The summed E-state index contributed by atoms with van der Waals surface area (Å²) in [6.45, 7) is 5.78. The summed E-state index contributed by atoms with van der Waals surface area (Å²) in [6.07, 6.45) is -1.65. The van der Waals surface area contributed by atoms with E-state index in [1.54, 1.807) is 0 Å². The third-order valence-corrected chi connectivity index (χ3v) is 2.99. The molecular formula is C13H20O3. The summed E-state index contributed by atoms with van der Waals surface area (Å²) in [6, 6.07) is 3.90. The Kier molecular flexibility index (Phi) is 4.47. The van der Waals surface area contributed by atoms with Gasteiger partial charge in [-0.2, -0.15) is 0 Å². The SMILES string of the molecule is Cc1cc(C)c(C(O)C(O)CCO)cc1C. The Morgan fingerprint density at radius 2 is 1.56 bits per heavy atom. The van der Waals surface area contributed by atoms with Crippen LogP contribution >= 0.6 is 0 Å². The van der Waals surface area contributed by atoms with Crippen molar-refractivity contribution in [3.05, 3.63) is 34.4 Å². The molecule has 0 saturated heterocycles. The van der Waals surface area contributed by atoms with Crippen LogP contribution in [0.25, 0.3) is 0 Å². The van der Waals surface area contributed by atoms with Gasteiger partial charge in [0.05, 0.1) is 6.10 Å². The predicted molar refractivity (Wildman–Crippen MR) is 63.3 cm³/mol. The van der Waals surface area contributed by atoms with E-state index in [0.29, 0.717) is 0 Å². The van der Waals surface area contributed by atoms with E-state index in [1.165, 1.54) is 5.56 Å². The minimum Gasteiger partial charge on any atom is -0.396 e. The molecule has 0 aliphatic carbocycles. The Bertz CT molecular complexity index is 360. The van der Waals surface area contributed by atoms with Gasteiger partial charge >= 0.3 is 0 Å². The third-order valence-electron chi connectivity index (χ3n) is 2.99. The Balaban J connectivity index is 2.99. The number of benzene rings is 1. The molecule has 3 N–H and O–H groups in total. The van der Waals surface area contributed by atoms with Crippen molar-refractivity contribution >= 4 is 0 Å². The standard InChI is InChI=1S/C13H20O3/c1-8-6-10(3)11(7-9(8)2)13(16)12(15)4-5-14/h6-7,12-16H,4-5H2,1-3H3. The zero-order valence-corrected chi connectivity index (χ0v) is 10.1. The highest BCUT2D eigenvalue weighted by molar-refractivity contribution is 5.38. The van der Waals surface area contributed by atoms with Gasteiger partial charge in [-0.05, 0) is 49.4 Å². The highest BCUT2D eigenvalue weighted by Crippen LogP contribution is 2.25. The lowest BCUT2D eigenvalue weighted by Crippen LogP contribution is -2.20. The fourth-order valence-corrected chi connectivity index (χ4v) is 1.80. The van der Waals surface area contributed by atoms with Gasteiger partial charge in [-0.25, -0.2) is 0 Å². The minimum absolute atomic E-state index is 0.123. The van der Waals surface area contributed by atoms with Crippen molar-refractivity contribution in [2.75, 3.05) is 6.61 Å². The molecule has 90 valence electrons. The molecule has 0 bridgehead atoms. The molecule has 3 heteroatoms. The second kappa shape index (κ2) is 5.43. The lowest BCUT2D eigenvalue weighted by atomic mass is 9.94. The number of aliphatic hydroxyl groups excluding tert-OH is 3. The zero-order valence-electron chi connectivity index (χ0n) is 10.1. The summed E-state index contributed by atoms with van der Waals surface area (Å²) in [5.41, 5.74) is 3.97. The van der Waals surface area contributed by atoms with Crippen molar-refractivity contribution in [1.82, 2.24) is 0 Å². The van der Waals surface area contributed by atoms with Gasteiger partial charge in [0, 0.05) is 6.61 Å². The molecule has 0 amide bonds. The van der Waals surface area contributed by atoms with Gasteiger partial charge in [0.15, 0.2) is 0 Å². The van der Waals surface area contributed by atoms with Gasteiger partial charge in [0.1, 0.15) is 6.10 Å². The topological polar surface area (TPSA) is 60.7 Å². The van der Waals surface area contributed by atoms with E-state index in [-0.39, 0.29) is 13.0 Å². The Morgan fingerprint density at radius 3 is 2.12 bits per heavy atom. The summed E-state index contributed by atoms with van der Waals surface area (Å²) < 4.78 is 0. The fourth-order valence-electron chi connectivity index (χ4n) is 1.80. The summed E-state index contributed by atoms with van der Waals surface area (Å²) in [5.74, 6) is 0. The van der Waals surface area contributed by atoms with E-state index in [1.807, 2.05) is 32.9 Å². The average Bonchev–Trinajstić information content (AvgIpc) is 2.23. The van der Waals surface area contributed by atoms with E-state index < -0.39 is 12.2 Å². The van der Waals surface area contributed by atoms with E-state index in [0.717, 1.165) is 16.7 Å². The maximum Gasteiger partial charge on any atom is 0.105 e. The molecule has 2 atom stereocenters. The van der Waals surface area contributed by atoms with Gasteiger partial charge < -0.3 is 15.3 Å². The zero-order chi connectivity index (χ0) is 12.3. The normalized spacial score (nSPS) is 14.9. The maximum absolute atomic E-state index is 9.96. The van der Waals surface area contributed by atoms with Gasteiger partial charge in [-0.3, -0.25) is 0 Å². The number of aliphatic hydroxyl groups is 3. The number of hydrogen-bond donors (Lipinski definition) is 3. The summed E-state index contributed by atoms with van der Waals surface area (Å²) in [4.78, 5) is 0. The summed E-state index contributed by atoms with van der Waals surface area (Å²) in [5, 5.41) is 28.3. The van der Waals surface area contributed by atoms with Crippen LogP contribution < -0.4 is 0 Å². The number of hydrogen-bond acceptors (Lipinski definition) is 3. The Hall–Kier alpha value is -0.900. The highest BCUT2D eigenvalue weighted by Gasteiger charge is 2.19. The van der Waals surface area contributed by atoms with Crippen LogP contribution in [0.3, 0.4) is 0 Å². The van der Waals surface area contributed by atoms with Crippen LogP contribution in [0.15, 0.2) is 12.1 Å². The minimum atomic E-state index is -0.925. The van der Waals surface area contributed by atoms with Crippen LogP contribution in [0.5, 0.6) is 0 Å². The quantitative estimate of drug-likeness (QED) is 0.724. The van der Waals surface area contributed by atoms with E-state index in [9.17, 15) is 10.2 Å². The lowest BCUT2D eigenvalue weighted by Gasteiger charge is -2.20. The maximum atomic E-state index is 9.96. The second-order valence-corrected chi connectivity index (χ2v) is 4.32. The van der Waals surface area contributed by atoms with Crippen molar-refractivity contribution in [3.8, 4) is 0 Å². The highest BCUT2D eigenvalue weighted by atomic mass is 16.3. The smallest absolute Gasteiger partial charge is 0.105 e. The Morgan fingerprint density at radius 1 is 1.00 bits per heavy atom. The predicted octanol–water partition coefficient (Wildman–Crippen LogP) is 1.39. The molecule has 0 heterocycles. The van der Waals surface area contributed by atoms with E-state index >= 15 is 0 Å². The van der Waals surface area contributed by atoms with Gasteiger partial charge in [0.25, 0.3) is 0 Å². The summed E-state index contributed by atoms with van der Waals surface area (Å²) >= 11 is 0. The van der Waals surface area contributed by atoms with Crippen LogP contribution in [0, 0.1) is 20.8 Å². The third kappa shape index (κ3) is 2.82. The summed E-state index contributed by atoms with van der Waals surface area (Å²) in [7, 11) is 0. The molecule has 0 aliphatic rings. The second-order valence-electron chi connectivity index (χ2n) is 4.32.